The van der Waals surface area contributed by atoms with Gasteiger partial charge in [0.2, 0.25) is 0 Å². The summed E-state index contributed by atoms with van der Waals surface area (Å²) in [5.41, 5.74) is 1.99. The molecule has 0 aromatic heterocycles. The fourth-order valence-electron chi connectivity index (χ4n) is 4.76. The van der Waals surface area contributed by atoms with Gasteiger partial charge in [0.15, 0.2) is 11.5 Å². The molecule has 37 heavy (non-hydrogen) atoms. The predicted octanol–water partition coefficient (Wildman–Crippen LogP) is 9.09. The molecule has 0 saturated carbocycles. The van der Waals surface area contributed by atoms with Crippen molar-refractivity contribution >= 4 is 5.78 Å². The van der Waals surface area contributed by atoms with Gasteiger partial charge in [-0.3, -0.25) is 4.79 Å². The molecular weight excluding hydrogens is 458 g/mol. The van der Waals surface area contributed by atoms with E-state index in [0.29, 0.717) is 11.5 Å². The Balaban J connectivity index is 1.50. The second-order valence-electron chi connectivity index (χ2n) is 10.3. The number of carbonyl (C=O) groups excluding carboxylic acids is 1. The number of ether oxygens (including phenoxy) is 2. The highest BCUT2D eigenvalue weighted by Crippen LogP contribution is 2.21. The number of Topliss-reactive ketones (excluding diaryl/α,β-unsaturated/α-hetero) is 1. The van der Waals surface area contributed by atoms with E-state index in [1.807, 2.05) is 12.2 Å². The molecule has 1 aliphatic heterocycles. The van der Waals surface area contributed by atoms with Crippen molar-refractivity contribution in [1.29, 1.82) is 0 Å². The van der Waals surface area contributed by atoms with E-state index < -0.39 is 0 Å². The molecule has 4 nitrogen and oxygen atoms in total. The van der Waals surface area contributed by atoms with Crippen molar-refractivity contribution in [2.24, 2.45) is 0 Å². The lowest BCUT2D eigenvalue weighted by Gasteiger charge is -2.18. The normalized spacial score (nSPS) is 15.1. The molecule has 2 rings (SSSR count). The summed E-state index contributed by atoms with van der Waals surface area (Å²) in [6.07, 6.45) is 38.4. The molecule has 0 atom stereocenters. The van der Waals surface area contributed by atoms with E-state index >= 15 is 0 Å². The molecule has 1 aliphatic carbocycles. The SMILES string of the molecule is CCCCCCCCCCCCCCCCCCN1C=CC(=CC=C2C=C(OC)C(=O)C(OC)=C2)C=C1. The maximum Gasteiger partial charge on any atom is 0.261 e. The van der Waals surface area contributed by atoms with Crippen molar-refractivity contribution in [2.75, 3.05) is 20.8 Å². The maximum atomic E-state index is 12.1. The lowest BCUT2D eigenvalue weighted by Crippen LogP contribution is -2.13. The Bertz CT molecular complexity index is 802. The summed E-state index contributed by atoms with van der Waals surface area (Å²) in [6.45, 7) is 3.36. The summed E-state index contributed by atoms with van der Waals surface area (Å²) in [6, 6.07) is 0. The predicted molar refractivity (Wildman–Crippen MR) is 156 cm³/mol. The fraction of sp³-hybridized carbons (Fsp3) is 0.606. The number of hydrogen-bond acceptors (Lipinski definition) is 4. The number of methoxy groups -OCH3 is 2. The molecule has 0 unspecified atom stereocenters. The van der Waals surface area contributed by atoms with Crippen molar-refractivity contribution in [3.63, 3.8) is 0 Å². The highest BCUT2D eigenvalue weighted by molar-refractivity contribution is 6.07. The van der Waals surface area contributed by atoms with Gasteiger partial charge in [-0.2, -0.15) is 0 Å². The van der Waals surface area contributed by atoms with E-state index in [1.54, 1.807) is 12.2 Å². The third-order valence-electron chi connectivity index (χ3n) is 7.14. The van der Waals surface area contributed by atoms with Crippen molar-refractivity contribution < 1.29 is 14.3 Å². The minimum atomic E-state index is -0.225. The molecule has 0 N–H and O–H groups in total. The molecule has 0 spiro atoms. The topological polar surface area (TPSA) is 38.8 Å². The summed E-state index contributed by atoms with van der Waals surface area (Å²) in [4.78, 5) is 14.3. The van der Waals surface area contributed by atoms with E-state index in [4.69, 9.17) is 9.47 Å². The second kappa shape index (κ2) is 19.6. The third kappa shape index (κ3) is 13.0. The highest BCUT2D eigenvalue weighted by atomic mass is 16.5. The van der Waals surface area contributed by atoms with Crippen LogP contribution in [0.2, 0.25) is 0 Å². The number of allylic oxidation sites excluding steroid dienone is 8. The molecule has 0 aromatic rings. The Hall–Kier alpha value is -2.49. The van der Waals surface area contributed by atoms with Gasteiger partial charge in [-0.05, 0) is 41.9 Å². The van der Waals surface area contributed by atoms with E-state index in [0.717, 1.165) is 17.7 Å². The molecule has 4 heteroatoms. The number of carbonyl (C=O) groups is 1. The number of hydrogen-bond donors (Lipinski definition) is 0. The summed E-state index contributed by atoms with van der Waals surface area (Å²) >= 11 is 0. The lowest BCUT2D eigenvalue weighted by atomic mass is 10.0. The fourth-order valence-corrected chi connectivity index (χ4v) is 4.76. The smallest absolute Gasteiger partial charge is 0.261 e. The Labute approximate surface area is 226 Å². The summed E-state index contributed by atoms with van der Waals surface area (Å²) in [5.74, 6) is 0.365. The van der Waals surface area contributed by atoms with Crippen molar-refractivity contribution in [1.82, 2.24) is 4.90 Å². The average molecular weight is 510 g/mol. The number of ketones is 1. The van der Waals surface area contributed by atoms with E-state index in [9.17, 15) is 4.79 Å². The van der Waals surface area contributed by atoms with Crippen LogP contribution >= 0.6 is 0 Å². The summed E-state index contributed by atoms with van der Waals surface area (Å²) in [7, 11) is 3.00. The molecular formula is C33H51NO3. The van der Waals surface area contributed by atoms with Gasteiger partial charge < -0.3 is 14.4 Å². The van der Waals surface area contributed by atoms with Crippen LogP contribution in [-0.4, -0.2) is 31.4 Å². The standard InChI is InChI=1S/C33H51NO3/c1-4-5-6-7-8-9-10-11-12-13-14-15-16-17-18-19-24-34-25-22-29(23-26-34)20-21-30-27-31(36-2)33(35)32(28-30)37-3/h20-23,25-28H,4-19,24H2,1-3H3. The molecule has 206 valence electrons. The molecule has 0 fully saturated rings. The number of nitrogens with zero attached hydrogens (tertiary/aromatic N) is 1. The van der Waals surface area contributed by atoms with Gasteiger partial charge in [-0.25, -0.2) is 0 Å². The lowest BCUT2D eigenvalue weighted by molar-refractivity contribution is -0.117. The second-order valence-corrected chi connectivity index (χ2v) is 10.3. The molecule has 0 saturated heterocycles. The quantitative estimate of drug-likeness (QED) is 0.153. The summed E-state index contributed by atoms with van der Waals surface area (Å²) in [5, 5.41) is 0. The van der Waals surface area contributed by atoms with Crippen LogP contribution in [0, 0.1) is 0 Å². The Morgan fingerprint density at radius 2 is 1.03 bits per heavy atom. The van der Waals surface area contributed by atoms with Crippen molar-refractivity contribution in [2.45, 2.75) is 110 Å². The molecule has 0 amide bonds. The Morgan fingerprint density at radius 1 is 0.622 bits per heavy atom. The molecule has 1 heterocycles. The van der Waals surface area contributed by atoms with Gasteiger partial charge in [0.05, 0.1) is 14.2 Å². The largest absolute Gasteiger partial charge is 0.492 e. The van der Waals surface area contributed by atoms with Crippen molar-refractivity contribution in [3.05, 3.63) is 71.5 Å². The Morgan fingerprint density at radius 3 is 1.46 bits per heavy atom. The zero-order valence-corrected chi connectivity index (χ0v) is 23.8. The molecule has 0 radical (unpaired) electrons. The van der Waals surface area contributed by atoms with Gasteiger partial charge >= 0.3 is 0 Å². The van der Waals surface area contributed by atoms with Crippen LogP contribution in [0.5, 0.6) is 0 Å². The number of unbranched alkanes of at least 4 members (excludes halogenated alkanes) is 15. The third-order valence-corrected chi connectivity index (χ3v) is 7.14. The first-order valence-electron chi connectivity index (χ1n) is 14.8. The van der Waals surface area contributed by atoms with Crippen LogP contribution in [0.25, 0.3) is 0 Å². The number of rotatable bonds is 20. The van der Waals surface area contributed by atoms with Crippen LogP contribution in [0.3, 0.4) is 0 Å². The minimum absolute atomic E-state index is 0.225. The van der Waals surface area contributed by atoms with Gasteiger partial charge in [0.1, 0.15) is 0 Å². The average Bonchev–Trinajstić information content (AvgIpc) is 2.92. The first-order valence-corrected chi connectivity index (χ1v) is 14.8. The first kappa shape index (κ1) is 30.7. The first-order chi connectivity index (χ1) is 18.2. The summed E-state index contributed by atoms with van der Waals surface area (Å²) < 4.78 is 10.3. The van der Waals surface area contributed by atoms with Gasteiger partial charge in [-0.1, -0.05) is 115 Å². The van der Waals surface area contributed by atoms with Crippen LogP contribution in [0.4, 0.5) is 0 Å². The Kier molecular flexibility index (Phi) is 16.3. The van der Waals surface area contributed by atoms with E-state index in [2.05, 4.69) is 36.4 Å². The van der Waals surface area contributed by atoms with E-state index in [-0.39, 0.29) is 5.78 Å². The van der Waals surface area contributed by atoms with Gasteiger partial charge in [0.25, 0.3) is 5.78 Å². The maximum absolute atomic E-state index is 12.1. The zero-order chi connectivity index (χ0) is 26.6. The van der Waals surface area contributed by atoms with Gasteiger partial charge in [-0.15, -0.1) is 0 Å². The molecule has 0 aromatic carbocycles. The van der Waals surface area contributed by atoms with Crippen LogP contribution < -0.4 is 0 Å². The van der Waals surface area contributed by atoms with Crippen LogP contribution in [-0.2, 0) is 14.3 Å². The monoisotopic (exact) mass is 509 g/mol. The molecule has 2 aliphatic rings. The van der Waals surface area contributed by atoms with Crippen LogP contribution in [0.15, 0.2) is 71.5 Å². The van der Waals surface area contributed by atoms with Crippen molar-refractivity contribution in [3.8, 4) is 0 Å². The zero-order valence-electron chi connectivity index (χ0n) is 23.8. The van der Waals surface area contributed by atoms with E-state index in [1.165, 1.54) is 117 Å². The molecule has 0 bridgehead atoms. The minimum Gasteiger partial charge on any atom is -0.492 e. The van der Waals surface area contributed by atoms with Crippen LogP contribution in [0.1, 0.15) is 110 Å². The van der Waals surface area contributed by atoms with Gasteiger partial charge in [0, 0.05) is 18.9 Å². The highest BCUT2D eigenvalue weighted by Gasteiger charge is 2.21.